The molecule has 0 bridgehead atoms. The summed E-state index contributed by atoms with van der Waals surface area (Å²) in [7, 11) is 0. The first kappa shape index (κ1) is 9.59. The van der Waals surface area contributed by atoms with Gasteiger partial charge in [0, 0.05) is 0 Å². The van der Waals surface area contributed by atoms with Crippen molar-refractivity contribution in [2.24, 2.45) is 0 Å². The fraction of sp³-hybridized carbons (Fsp3) is 0. The van der Waals surface area contributed by atoms with Crippen molar-refractivity contribution in [3.63, 3.8) is 0 Å². The molecule has 12 heavy (non-hydrogen) atoms. The number of nitrogens with one attached hydrogen (secondary N) is 1. The van der Waals surface area contributed by atoms with Crippen LogP contribution in [0.2, 0.25) is 5.02 Å². The third-order valence-electron chi connectivity index (χ3n) is 1.21. The minimum absolute atomic E-state index is 0.685. The van der Waals surface area contributed by atoms with E-state index in [0.717, 1.165) is 14.7 Å². The van der Waals surface area contributed by atoms with E-state index < -0.39 is 16.0 Å². The summed E-state index contributed by atoms with van der Waals surface area (Å²) in [6, 6.07) is 7.26. The fourth-order valence-corrected chi connectivity index (χ4v) is 2.17. The summed E-state index contributed by atoms with van der Waals surface area (Å²) >= 11 is 4.88. The van der Waals surface area contributed by atoms with Crippen molar-refractivity contribution in [1.29, 1.82) is 5.41 Å². The molecule has 0 aliphatic rings. The summed E-state index contributed by atoms with van der Waals surface area (Å²) in [5, 5.41) is 16.4. The number of hydrogen-bond acceptors (Lipinski definition) is 2. The van der Waals surface area contributed by atoms with Crippen molar-refractivity contribution in [2.45, 2.75) is 0 Å². The molecule has 0 aliphatic carbocycles. The monoisotopic (exact) mass is 246 g/mol. The molecule has 0 spiro atoms. The average Bonchev–Trinajstić information content (AvgIpc) is 2.09. The third kappa shape index (κ3) is 2.86. The van der Waals surface area contributed by atoms with Crippen molar-refractivity contribution >= 4 is 38.3 Å². The first-order chi connectivity index (χ1) is 5.72. The van der Waals surface area contributed by atoms with Gasteiger partial charge in [-0.1, -0.05) is 0 Å². The topological polar surface area (TPSA) is 47.3 Å². The van der Waals surface area contributed by atoms with Crippen molar-refractivity contribution in [1.82, 2.24) is 3.98 Å². The van der Waals surface area contributed by atoms with E-state index in [9.17, 15) is 0 Å². The van der Waals surface area contributed by atoms with E-state index in [4.69, 9.17) is 22.2 Å². The van der Waals surface area contributed by atoms with Gasteiger partial charge < -0.3 is 0 Å². The van der Waals surface area contributed by atoms with Gasteiger partial charge >= 0.3 is 82.2 Å². The van der Waals surface area contributed by atoms with Crippen molar-refractivity contribution in [3.8, 4) is 0 Å². The van der Waals surface area contributed by atoms with E-state index in [2.05, 4.69) is 0 Å². The molecule has 0 saturated heterocycles. The van der Waals surface area contributed by atoms with E-state index in [1.54, 1.807) is 12.1 Å². The Labute approximate surface area is 82.3 Å². The van der Waals surface area contributed by atoms with Crippen molar-refractivity contribution in [3.05, 3.63) is 29.3 Å². The number of nitrogens with zero attached hydrogens (tertiary/aromatic N) is 1. The molecule has 0 radical (unpaired) electrons. The van der Waals surface area contributed by atoms with Gasteiger partial charge in [0.25, 0.3) is 0 Å². The van der Waals surface area contributed by atoms with E-state index in [-0.39, 0.29) is 0 Å². The number of hydrogen-bond donors (Lipinski definition) is 2. The van der Waals surface area contributed by atoms with Crippen LogP contribution in [0.3, 0.4) is 0 Å². The molecular formula is C7H8AsClN2O. The second kappa shape index (κ2) is 4.51. The first-order valence-electron chi connectivity index (χ1n) is 3.23. The maximum atomic E-state index is 8.99. The van der Waals surface area contributed by atoms with Crippen molar-refractivity contribution in [2.75, 3.05) is 0 Å². The van der Waals surface area contributed by atoms with Gasteiger partial charge in [0.15, 0.2) is 0 Å². The van der Waals surface area contributed by atoms with Gasteiger partial charge in [-0.3, -0.25) is 0 Å². The zero-order valence-corrected chi connectivity index (χ0v) is 9.01. The molecule has 2 N–H and O–H groups in total. The van der Waals surface area contributed by atoms with Crippen LogP contribution in [0.25, 0.3) is 0 Å². The minimum atomic E-state index is -0.794. The molecule has 0 heterocycles. The van der Waals surface area contributed by atoms with Gasteiger partial charge in [-0.05, 0) is 0 Å². The van der Waals surface area contributed by atoms with Crippen LogP contribution < -0.4 is 4.35 Å². The molecule has 1 rings (SSSR count). The number of rotatable bonds is 3. The van der Waals surface area contributed by atoms with Gasteiger partial charge in [0.2, 0.25) is 0 Å². The Hall–Kier alpha value is -0.502. The quantitative estimate of drug-likeness (QED) is 0.355. The summed E-state index contributed by atoms with van der Waals surface area (Å²) in [5.74, 6) is 0. The SMILES string of the molecule is N=CN(O)[AsH]c1ccc(Cl)cc1. The van der Waals surface area contributed by atoms with Crippen LogP contribution in [0.15, 0.2) is 24.3 Å². The molecule has 0 aromatic heterocycles. The van der Waals surface area contributed by atoms with Crippen LogP contribution in [-0.2, 0) is 0 Å². The molecule has 0 amide bonds. The molecular weight excluding hydrogens is 238 g/mol. The standard InChI is InChI=1S/C7H8AsClN2O/c9-7-3-1-6(2-4-7)8-11(12)5-10/h1-5,8,10,12H. The first-order valence-corrected chi connectivity index (χ1v) is 5.60. The van der Waals surface area contributed by atoms with Crippen LogP contribution in [0.4, 0.5) is 0 Å². The van der Waals surface area contributed by atoms with Crippen molar-refractivity contribution < 1.29 is 5.21 Å². The van der Waals surface area contributed by atoms with Gasteiger partial charge in [-0.2, -0.15) is 0 Å². The number of halogens is 1. The summed E-state index contributed by atoms with van der Waals surface area (Å²) in [6.45, 7) is 0. The number of hydroxylamine groups is 1. The Balaban J connectivity index is 2.64. The molecule has 1 aromatic carbocycles. The Morgan fingerprint density at radius 2 is 2.00 bits per heavy atom. The Morgan fingerprint density at radius 1 is 1.42 bits per heavy atom. The van der Waals surface area contributed by atoms with Crippen LogP contribution >= 0.6 is 11.6 Å². The predicted molar refractivity (Wildman–Crippen MR) is 50.6 cm³/mol. The zero-order valence-electron chi connectivity index (χ0n) is 6.16. The molecule has 64 valence electrons. The summed E-state index contributed by atoms with van der Waals surface area (Å²) in [4.78, 5) is 0. The average molecular weight is 247 g/mol. The summed E-state index contributed by atoms with van der Waals surface area (Å²) < 4.78 is 1.95. The molecule has 1 unspecified atom stereocenters. The fourth-order valence-electron chi connectivity index (χ4n) is 0.689. The third-order valence-corrected chi connectivity index (χ3v) is 3.45. The van der Waals surface area contributed by atoms with E-state index in [1.807, 2.05) is 12.1 Å². The summed E-state index contributed by atoms with van der Waals surface area (Å²) in [5.41, 5.74) is 0. The molecule has 1 aromatic rings. The summed E-state index contributed by atoms with van der Waals surface area (Å²) in [6.07, 6.45) is 0.911. The van der Waals surface area contributed by atoms with Gasteiger partial charge in [0.05, 0.1) is 0 Å². The van der Waals surface area contributed by atoms with Gasteiger partial charge in [-0.25, -0.2) is 0 Å². The second-order valence-electron chi connectivity index (χ2n) is 2.09. The Kier molecular flexibility index (Phi) is 3.60. The molecule has 5 heteroatoms. The molecule has 0 saturated carbocycles. The Morgan fingerprint density at radius 3 is 2.50 bits per heavy atom. The normalized spacial score (nSPS) is 10.5. The maximum absolute atomic E-state index is 8.99. The molecule has 0 fully saturated rings. The van der Waals surface area contributed by atoms with Gasteiger partial charge in [-0.15, -0.1) is 0 Å². The van der Waals surface area contributed by atoms with E-state index in [1.165, 1.54) is 0 Å². The van der Waals surface area contributed by atoms with Crippen LogP contribution in [0, 0.1) is 5.41 Å². The molecule has 3 nitrogen and oxygen atoms in total. The van der Waals surface area contributed by atoms with E-state index in [0.29, 0.717) is 5.02 Å². The van der Waals surface area contributed by atoms with Gasteiger partial charge in [0.1, 0.15) is 0 Å². The number of benzene rings is 1. The molecule has 0 aliphatic heterocycles. The van der Waals surface area contributed by atoms with E-state index >= 15 is 0 Å². The molecule has 1 atom stereocenters. The Bertz CT molecular complexity index is 265. The second-order valence-corrected chi connectivity index (χ2v) is 5.17. The zero-order chi connectivity index (χ0) is 8.97. The predicted octanol–water partition coefficient (Wildman–Crippen LogP) is 0.615. The van der Waals surface area contributed by atoms with Crippen LogP contribution in [0.1, 0.15) is 0 Å². The van der Waals surface area contributed by atoms with Crippen LogP contribution in [-0.4, -0.2) is 31.5 Å². The van der Waals surface area contributed by atoms with Crippen LogP contribution in [0.5, 0.6) is 0 Å².